The average Bonchev–Trinajstić information content (AvgIpc) is 3.09. The highest BCUT2D eigenvalue weighted by Crippen LogP contribution is 2.26. The number of thiazole rings is 1. The minimum atomic E-state index is -0.117. The Labute approximate surface area is 139 Å². The van der Waals surface area contributed by atoms with Gasteiger partial charge in [0.05, 0.1) is 18.7 Å². The van der Waals surface area contributed by atoms with E-state index >= 15 is 0 Å². The third kappa shape index (κ3) is 3.99. The first-order chi connectivity index (χ1) is 11.3. The second-order valence-corrected chi connectivity index (χ2v) is 6.32. The molecule has 0 amide bonds. The van der Waals surface area contributed by atoms with Crippen molar-refractivity contribution < 1.29 is 14.3 Å². The molecule has 0 N–H and O–H groups in total. The quantitative estimate of drug-likeness (QED) is 0.609. The van der Waals surface area contributed by atoms with Crippen LogP contribution in [-0.4, -0.2) is 18.1 Å². The smallest absolute Gasteiger partial charge is 0.309 e. The lowest BCUT2D eigenvalue weighted by Gasteiger charge is -2.15. The van der Waals surface area contributed by atoms with Gasteiger partial charge in [-0.2, -0.15) is 0 Å². The molecule has 1 aromatic carbocycles. The fraction of sp³-hybridized carbons (Fsp3) is 0.333. The van der Waals surface area contributed by atoms with Gasteiger partial charge in [0.1, 0.15) is 17.4 Å². The SMILES string of the molecule is COc1ccc(-c2nc(COC(=O)C3CC=CCC3)cs2)cc1. The van der Waals surface area contributed by atoms with Gasteiger partial charge in [-0.1, -0.05) is 12.2 Å². The molecule has 0 fully saturated rings. The topological polar surface area (TPSA) is 48.4 Å². The Morgan fingerprint density at radius 3 is 2.83 bits per heavy atom. The van der Waals surface area contributed by atoms with Crippen LogP contribution in [0.5, 0.6) is 5.75 Å². The van der Waals surface area contributed by atoms with Crippen LogP contribution >= 0.6 is 11.3 Å². The van der Waals surface area contributed by atoms with Crippen molar-refractivity contribution in [1.29, 1.82) is 0 Å². The predicted octanol–water partition coefficient (Wildman–Crippen LogP) is 4.22. The zero-order valence-corrected chi connectivity index (χ0v) is 13.8. The van der Waals surface area contributed by atoms with Crippen molar-refractivity contribution in [3.05, 3.63) is 47.5 Å². The number of rotatable bonds is 5. The summed E-state index contributed by atoms with van der Waals surface area (Å²) in [6, 6.07) is 7.77. The molecule has 0 bridgehead atoms. The number of aromatic nitrogens is 1. The first kappa shape index (κ1) is 15.7. The maximum atomic E-state index is 12.0. The Kier molecular flexibility index (Phi) is 5.08. The van der Waals surface area contributed by atoms with Crippen molar-refractivity contribution in [1.82, 2.24) is 4.98 Å². The summed E-state index contributed by atoms with van der Waals surface area (Å²) in [5.74, 6) is 0.703. The summed E-state index contributed by atoms with van der Waals surface area (Å²) in [5.41, 5.74) is 1.83. The minimum Gasteiger partial charge on any atom is -0.497 e. The van der Waals surface area contributed by atoms with Gasteiger partial charge in [-0.05, 0) is 43.5 Å². The van der Waals surface area contributed by atoms with Crippen LogP contribution in [-0.2, 0) is 16.1 Å². The molecular formula is C18H19NO3S. The summed E-state index contributed by atoms with van der Waals surface area (Å²) in [4.78, 5) is 16.6. The van der Waals surface area contributed by atoms with E-state index in [0.717, 1.165) is 41.3 Å². The Morgan fingerprint density at radius 2 is 2.13 bits per heavy atom. The van der Waals surface area contributed by atoms with Gasteiger partial charge >= 0.3 is 5.97 Å². The zero-order valence-electron chi connectivity index (χ0n) is 13.0. The maximum absolute atomic E-state index is 12.0. The van der Waals surface area contributed by atoms with E-state index in [1.54, 1.807) is 18.4 Å². The van der Waals surface area contributed by atoms with Crippen LogP contribution < -0.4 is 4.74 Å². The fourth-order valence-corrected chi connectivity index (χ4v) is 3.32. The van der Waals surface area contributed by atoms with E-state index in [1.807, 2.05) is 29.6 Å². The van der Waals surface area contributed by atoms with E-state index in [4.69, 9.17) is 9.47 Å². The number of ether oxygens (including phenoxy) is 2. The lowest BCUT2D eigenvalue weighted by atomic mass is 9.95. The van der Waals surface area contributed by atoms with E-state index in [-0.39, 0.29) is 18.5 Å². The number of esters is 1. The molecule has 1 aliphatic carbocycles. The maximum Gasteiger partial charge on any atom is 0.309 e. The molecule has 1 aromatic heterocycles. The molecule has 120 valence electrons. The van der Waals surface area contributed by atoms with Gasteiger partial charge < -0.3 is 9.47 Å². The Morgan fingerprint density at radius 1 is 1.30 bits per heavy atom. The second kappa shape index (κ2) is 7.42. The Balaban J connectivity index is 1.58. The third-order valence-electron chi connectivity index (χ3n) is 3.85. The van der Waals surface area contributed by atoms with Crippen LogP contribution in [0.15, 0.2) is 41.8 Å². The van der Waals surface area contributed by atoms with Gasteiger partial charge in [-0.3, -0.25) is 4.79 Å². The van der Waals surface area contributed by atoms with E-state index in [0.29, 0.717) is 0 Å². The highest BCUT2D eigenvalue weighted by molar-refractivity contribution is 7.13. The normalized spacial score (nSPS) is 17.0. The molecule has 3 rings (SSSR count). The first-order valence-corrected chi connectivity index (χ1v) is 8.54. The number of methoxy groups -OCH3 is 1. The van der Waals surface area contributed by atoms with E-state index in [1.165, 1.54) is 0 Å². The molecule has 1 atom stereocenters. The minimum absolute atomic E-state index is 0.000283. The highest BCUT2D eigenvalue weighted by atomic mass is 32.1. The van der Waals surface area contributed by atoms with Crippen LogP contribution in [0, 0.1) is 5.92 Å². The van der Waals surface area contributed by atoms with Crippen LogP contribution in [0.25, 0.3) is 10.6 Å². The van der Waals surface area contributed by atoms with Gasteiger partial charge in [0, 0.05) is 10.9 Å². The van der Waals surface area contributed by atoms with Crippen molar-refractivity contribution in [2.24, 2.45) is 5.92 Å². The average molecular weight is 329 g/mol. The lowest BCUT2D eigenvalue weighted by molar-refractivity contribution is -0.150. The second-order valence-electron chi connectivity index (χ2n) is 5.46. The Bertz CT molecular complexity index is 691. The number of hydrogen-bond donors (Lipinski definition) is 0. The number of hydrogen-bond acceptors (Lipinski definition) is 5. The number of benzene rings is 1. The molecule has 0 saturated carbocycles. The van der Waals surface area contributed by atoms with Crippen molar-refractivity contribution in [3.8, 4) is 16.3 Å². The molecule has 1 unspecified atom stereocenters. The fourth-order valence-electron chi connectivity index (χ4n) is 2.51. The van der Waals surface area contributed by atoms with Crippen molar-refractivity contribution >= 4 is 17.3 Å². The molecule has 0 saturated heterocycles. The number of carbonyl (C=O) groups excluding carboxylic acids is 1. The van der Waals surface area contributed by atoms with Crippen molar-refractivity contribution in [2.45, 2.75) is 25.9 Å². The molecule has 2 aromatic rings. The van der Waals surface area contributed by atoms with E-state index < -0.39 is 0 Å². The summed E-state index contributed by atoms with van der Waals surface area (Å²) in [7, 11) is 1.65. The molecule has 23 heavy (non-hydrogen) atoms. The van der Waals surface area contributed by atoms with Gasteiger partial charge in [-0.25, -0.2) is 4.98 Å². The zero-order chi connectivity index (χ0) is 16.1. The summed E-state index contributed by atoms with van der Waals surface area (Å²) >= 11 is 1.55. The molecule has 0 spiro atoms. The van der Waals surface area contributed by atoms with Gasteiger partial charge in [0.15, 0.2) is 0 Å². The number of carbonyl (C=O) groups is 1. The summed E-state index contributed by atoms with van der Waals surface area (Å²) in [6.07, 6.45) is 6.79. The highest BCUT2D eigenvalue weighted by Gasteiger charge is 2.20. The van der Waals surface area contributed by atoms with E-state index in [9.17, 15) is 4.79 Å². The summed E-state index contributed by atoms with van der Waals surface area (Å²) in [6.45, 7) is 0.242. The monoisotopic (exact) mass is 329 g/mol. The van der Waals surface area contributed by atoms with Crippen molar-refractivity contribution in [2.75, 3.05) is 7.11 Å². The molecule has 0 aliphatic heterocycles. The largest absolute Gasteiger partial charge is 0.497 e. The van der Waals surface area contributed by atoms with Crippen LogP contribution in [0.2, 0.25) is 0 Å². The number of nitrogens with zero attached hydrogens (tertiary/aromatic N) is 1. The van der Waals surface area contributed by atoms with Gasteiger partial charge in [0.2, 0.25) is 0 Å². The van der Waals surface area contributed by atoms with Crippen molar-refractivity contribution in [3.63, 3.8) is 0 Å². The van der Waals surface area contributed by atoms with Gasteiger partial charge in [-0.15, -0.1) is 11.3 Å². The summed E-state index contributed by atoms with van der Waals surface area (Å²) in [5, 5.41) is 2.85. The standard InChI is InChI=1S/C18H19NO3S/c1-21-16-9-7-13(8-10-16)17-19-15(12-23-17)11-22-18(20)14-5-3-2-4-6-14/h2-3,7-10,12,14H,4-6,11H2,1H3. The lowest BCUT2D eigenvalue weighted by Crippen LogP contribution is -2.18. The van der Waals surface area contributed by atoms with Crippen LogP contribution in [0.4, 0.5) is 0 Å². The molecule has 0 radical (unpaired) electrons. The molecule has 1 aliphatic rings. The third-order valence-corrected chi connectivity index (χ3v) is 4.79. The Hall–Kier alpha value is -2.14. The predicted molar refractivity (Wildman–Crippen MR) is 90.4 cm³/mol. The number of allylic oxidation sites excluding steroid dienone is 2. The summed E-state index contributed by atoms with van der Waals surface area (Å²) < 4.78 is 10.6. The van der Waals surface area contributed by atoms with Crippen LogP contribution in [0.1, 0.15) is 25.0 Å². The molecule has 1 heterocycles. The van der Waals surface area contributed by atoms with Gasteiger partial charge in [0.25, 0.3) is 0 Å². The van der Waals surface area contributed by atoms with Crippen LogP contribution in [0.3, 0.4) is 0 Å². The molecule has 5 heteroatoms. The molecular weight excluding hydrogens is 310 g/mol. The first-order valence-electron chi connectivity index (χ1n) is 7.66. The molecule has 4 nitrogen and oxygen atoms in total. The van der Waals surface area contributed by atoms with E-state index in [2.05, 4.69) is 17.1 Å².